The third-order valence-corrected chi connectivity index (χ3v) is 4.22. The summed E-state index contributed by atoms with van der Waals surface area (Å²) in [6, 6.07) is 17.5. The van der Waals surface area contributed by atoms with Crippen LogP contribution in [0.15, 0.2) is 54.6 Å². The molecule has 0 aliphatic carbocycles. The van der Waals surface area contributed by atoms with Gasteiger partial charge >= 0.3 is 0 Å². The van der Waals surface area contributed by atoms with Gasteiger partial charge in [0.15, 0.2) is 0 Å². The van der Waals surface area contributed by atoms with Gasteiger partial charge in [-0.05, 0) is 29.7 Å². The van der Waals surface area contributed by atoms with Crippen LogP contribution in [-0.4, -0.2) is 29.8 Å². The van der Waals surface area contributed by atoms with Crippen LogP contribution in [0.5, 0.6) is 0 Å². The van der Waals surface area contributed by atoms with Gasteiger partial charge in [-0.3, -0.25) is 9.59 Å². The van der Waals surface area contributed by atoms with Crippen LogP contribution in [0.2, 0.25) is 0 Å². The van der Waals surface area contributed by atoms with Crippen molar-refractivity contribution in [3.63, 3.8) is 0 Å². The Kier molecular flexibility index (Phi) is 4.42. The second-order valence-electron chi connectivity index (χ2n) is 5.77. The van der Waals surface area contributed by atoms with Crippen molar-refractivity contribution < 1.29 is 9.59 Å². The van der Waals surface area contributed by atoms with Gasteiger partial charge in [-0.1, -0.05) is 42.5 Å². The number of para-hydroxylation sites is 1. The minimum Gasteiger partial charge on any atom is -0.336 e. The molecule has 1 aliphatic heterocycles. The van der Waals surface area contributed by atoms with E-state index in [0.29, 0.717) is 13.1 Å². The smallest absolute Gasteiger partial charge is 0.242 e. The molecule has 2 aromatic carbocycles. The lowest BCUT2D eigenvalue weighted by molar-refractivity contribution is -0.132. The van der Waals surface area contributed by atoms with E-state index in [1.807, 2.05) is 47.4 Å². The number of benzene rings is 2. The van der Waals surface area contributed by atoms with Crippen molar-refractivity contribution in [1.82, 2.24) is 4.90 Å². The molecule has 0 radical (unpaired) electrons. The second kappa shape index (κ2) is 6.65. The van der Waals surface area contributed by atoms with Gasteiger partial charge in [0.05, 0.1) is 0 Å². The number of fused-ring (bicyclic) bond motifs is 1. The highest BCUT2D eigenvalue weighted by Gasteiger charge is 2.23. The molecule has 0 saturated heterocycles. The maximum Gasteiger partial charge on any atom is 0.242 e. The summed E-state index contributed by atoms with van der Waals surface area (Å²) < 4.78 is 0. The van der Waals surface area contributed by atoms with Gasteiger partial charge in [-0.2, -0.15) is 0 Å². The zero-order valence-corrected chi connectivity index (χ0v) is 13.2. The summed E-state index contributed by atoms with van der Waals surface area (Å²) in [4.78, 5) is 27.9. The zero-order valence-electron chi connectivity index (χ0n) is 13.2. The van der Waals surface area contributed by atoms with E-state index >= 15 is 0 Å². The van der Waals surface area contributed by atoms with E-state index in [1.54, 1.807) is 0 Å². The summed E-state index contributed by atoms with van der Waals surface area (Å²) in [6.45, 7) is 2.90. The highest BCUT2D eigenvalue weighted by Crippen LogP contribution is 2.20. The summed E-state index contributed by atoms with van der Waals surface area (Å²) in [6.07, 6.45) is 0.868. The van der Waals surface area contributed by atoms with Crippen LogP contribution >= 0.6 is 0 Å². The van der Waals surface area contributed by atoms with Crippen LogP contribution in [0, 0.1) is 0 Å². The molecule has 0 spiro atoms. The fraction of sp³-hybridized carbons (Fsp3) is 0.263. The molecule has 4 nitrogen and oxygen atoms in total. The Morgan fingerprint density at radius 3 is 2.35 bits per heavy atom. The Bertz CT molecular complexity index is 712. The Labute approximate surface area is 136 Å². The molecule has 23 heavy (non-hydrogen) atoms. The molecular weight excluding hydrogens is 288 g/mol. The first-order valence-electron chi connectivity index (χ1n) is 7.83. The van der Waals surface area contributed by atoms with Gasteiger partial charge < -0.3 is 9.80 Å². The van der Waals surface area contributed by atoms with Gasteiger partial charge in [-0.25, -0.2) is 0 Å². The molecule has 1 heterocycles. The van der Waals surface area contributed by atoms with Gasteiger partial charge in [0, 0.05) is 25.7 Å². The normalized spacial score (nSPS) is 13.3. The summed E-state index contributed by atoms with van der Waals surface area (Å²) in [7, 11) is 0. The lowest BCUT2D eigenvalue weighted by Gasteiger charge is -2.31. The van der Waals surface area contributed by atoms with Crippen LogP contribution in [0.4, 0.5) is 5.69 Å². The average Bonchev–Trinajstić information content (AvgIpc) is 2.59. The van der Waals surface area contributed by atoms with Crippen LogP contribution in [-0.2, 0) is 22.6 Å². The van der Waals surface area contributed by atoms with Crippen molar-refractivity contribution in [1.29, 1.82) is 0 Å². The van der Waals surface area contributed by atoms with Crippen molar-refractivity contribution in [3.8, 4) is 0 Å². The summed E-state index contributed by atoms with van der Waals surface area (Å²) in [5.74, 6) is -0.138. The number of nitrogens with zero attached hydrogens (tertiary/aromatic N) is 2. The lowest BCUT2D eigenvalue weighted by Crippen LogP contribution is -2.44. The average molecular weight is 308 g/mol. The predicted molar refractivity (Wildman–Crippen MR) is 90.0 cm³/mol. The van der Waals surface area contributed by atoms with Gasteiger partial charge in [0.2, 0.25) is 11.8 Å². The molecule has 118 valence electrons. The molecule has 2 aromatic rings. The number of amides is 2. The van der Waals surface area contributed by atoms with Gasteiger partial charge in [0.1, 0.15) is 6.54 Å². The molecule has 0 unspecified atom stereocenters. The fourth-order valence-electron chi connectivity index (χ4n) is 2.94. The van der Waals surface area contributed by atoms with Crippen molar-refractivity contribution >= 4 is 17.5 Å². The lowest BCUT2D eigenvalue weighted by atomic mass is 10.00. The first-order chi connectivity index (χ1) is 11.1. The molecule has 0 bridgehead atoms. The van der Waals surface area contributed by atoms with E-state index < -0.39 is 0 Å². The molecule has 0 fully saturated rings. The molecule has 0 N–H and O–H groups in total. The number of carbonyl (C=O) groups excluding carboxylic acids is 2. The molecule has 2 amide bonds. The number of carbonyl (C=O) groups is 2. The molecular formula is C19H20N2O2. The number of hydrogen-bond donors (Lipinski definition) is 0. The number of hydrogen-bond acceptors (Lipinski definition) is 2. The molecule has 0 atom stereocenters. The Hall–Kier alpha value is -2.62. The summed E-state index contributed by atoms with van der Waals surface area (Å²) >= 11 is 0. The van der Waals surface area contributed by atoms with E-state index in [9.17, 15) is 9.59 Å². The monoisotopic (exact) mass is 308 g/mol. The third-order valence-electron chi connectivity index (χ3n) is 4.22. The molecule has 4 heteroatoms. The SMILES string of the molecule is CC(=O)N(CC(=O)N1CCc2ccccc2C1)c1ccccc1. The molecule has 0 saturated carbocycles. The maximum absolute atomic E-state index is 12.6. The number of rotatable bonds is 3. The Balaban J connectivity index is 1.72. The van der Waals surface area contributed by atoms with Crippen LogP contribution in [0.3, 0.4) is 0 Å². The zero-order chi connectivity index (χ0) is 16.2. The van der Waals surface area contributed by atoms with Crippen LogP contribution in [0.25, 0.3) is 0 Å². The Morgan fingerprint density at radius 2 is 1.65 bits per heavy atom. The highest BCUT2D eigenvalue weighted by atomic mass is 16.2. The van der Waals surface area contributed by atoms with Crippen molar-refractivity contribution in [2.45, 2.75) is 19.9 Å². The van der Waals surface area contributed by atoms with E-state index in [0.717, 1.165) is 12.1 Å². The maximum atomic E-state index is 12.6. The first kappa shape index (κ1) is 15.3. The Morgan fingerprint density at radius 1 is 1.00 bits per heavy atom. The summed E-state index contributed by atoms with van der Waals surface area (Å²) in [5.41, 5.74) is 3.26. The molecule has 1 aliphatic rings. The topological polar surface area (TPSA) is 40.6 Å². The summed E-state index contributed by atoms with van der Waals surface area (Å²) in [5, 5.41) is 0. The quantitative estimate of drug-likeness (QED) is 0.874. The fourth-order valence-corrected chi connectivity index (χ4v) is 2.94. The first-order valence-corrected chi connectivity index (χ1v) is 7.83. The highest BCUT2D eigenvalue weighted by molar-refractivity contribution is 5.97. The van der Waals surface area contributed by atoms with Crippen molar-refractivity contribution in [2.75, 3.05) is 18.0 Å². The van der Waals surface area contributed by atoms with Crippen LogP contribution < -0.4 is 4.90 Å². The molecule has 0 aromatic heterocycles. The number of anilines is 1. The minimum absolute atomic E-state index is 0.0152. The standard InChI is InChI=1S/C19H20N2O2/c1-15(22)21(18-9-3-2-4-10-18)14-19(23)20-12-11-16-7-5-6-8-17(16)13-20/h2-10H,11-14H2,1H3. The van der Waals surface area contributed by atoms with Crippen molar-refractivity contribution in [3.05, 3.63) is 65.7 Å². The van der Waals surface area contributed by atoms with Gasteiger partial charge in [0.25, 0.3) is 0 Å². The van der Waals surface area contributed by atoms with Gasteiger partial charge in [-0.15, -0.1) is 0 Å². The van der Waals surface area contributed by atoms with E-state index in [1.165, 1.54) is 23.0 Å². The van der Waals surface area contributed by atoms with Crippen molar-refractivity contribution in [2.24, 2.45) is 0 Å². The minimum atomic E-state index is -0.123. The second-order valence-corrected chi connectivity index (χ2v) is 5.77. The van der Waals surface area contributed by atoms with E-state index in [2.05, 4.69) is 12.1 Å². The molecule has 3 rings (SSSR count). The van der Waals surface area contributed by atoms with E-state index in [4.69, 9.17) is 0 Å². The largest absolute Gasteiger partial charge is 0.336 e. The van der Waals surface area contributed by atoms with Crippen LogP contribution in [0.1, 0.15) is 18.1 Å². The predicted octanol–water partition coefficient (Wildman–Crippen LogP) is 2.62. The third kappa shape index (κ3) is 3.42. The van der Waals surface area contributed by atoms with E-state index in [-0.39, 0.29) is 18.4 Å².